The Hall–Kier alpha value is -3.53. The molecule has 0 aliphatic rings. The van der Waals surface area contributed by atoms with Crippen molar-refractivity contribution >= 4 is 27.9 Å². The van der Waals surface area contributed by atoms with E-state index in [1.807, 2.05) is 0 Å². The number of aromatic nitrogens is 2. The number of thiazole rings is 1. The van der Waals surface area contributed by atoms with Crippen molar-refractivity contribution in [3.05, 3.63) is 65.3 Å². The van der Waals surface area contributed by atoms with Gasteiger partial charge in [0, 0.05) is 22.8 Å². The number of amides is 1. The Kier molecular flexibility index (Phi) is 5.79. The minimum Gasteiger partial charge on any atom is -0.497 e. The summed E-state index contributed by atoms with van der Waals surface area (Å²) in [7, 11) is 3.11. The maximum absolute atomic E-state index is 13.2. The lowest BCUT2D eigenvalue weighted by molar-refractivity contribution is -0.137. The van der Waals surface area contributed by atoms with Gasteiger partial charge in [-0.2, -0.15) is 13.2 Å². The molecule has 2 aromatic heterocycles. The third-order valence-corrected chi connectivity index (χ3v) is 5.70. The summed E-state index contributed by atoms with van der Waals surface area (Å²) in [5, 5.41) is 4.12. The van der Waals surface area contributed by atoms with Crippen LogP contribution >= 0.6 is 11.3 Å². The van der Waals surface area contributed by atoms with Crippen molar-refractivity contribution in [1.82, 2.24) is 9.38 Å². The topological polar surface area (TPSA) is 64.9 Å². The van der Waals surface area contributed by atoms with Crippen LogP contribution in [-0.4, -0.2) is 29.5 Å². The molecule has 32 heavy (non-hydrogen) atoms. The van der Waals surface area contributed by atoms with Crippen LogP contribution in [0.25, 0.3) is 16.2 Å². The first-order valence-corrected chi connectivity index (χ1v) is 10.3. The summed E-state index contributed by atoms with van der Waals surface area (Å²) in [6, 6.07) is 10.2. The van der Waals surface area contributed by atoms with Crippen molar-refractivity contribution in [2.45, 2.75) is 12.6 Å². The molecule has 4 aromatic rings. The van der Waals surface area contributed by atoms with Crippen LogP contribution in [0.2, 0.25) is 0 Å². The predicted molar refractivity (Wildman–Crippen MR) is 115 cm³/mol. The third-order valence-electron chi connectivity index (χ3n) is 4.81. The first-order valence-electron chi connectivity index (χ1n) is 9.44. The number of rotatable bonds is 6. The number of anilines is 1. The molecule has 10 heteroatoms. The zero-order chi connectivity index (χ0) is 22.9. The van der Waals surface area contributed by atoms with Crippen LogP contribution in [0, 0.1) is 0 Å². The molecule has 1 amide bonds. The van der Waals surface area contributed by atoms with Gasteiger partial charge in [-0.25, -0.2) is 4.98 Å². The molecule has 0 bridgehead atoms. The number of ether oxygens (including phenoxy) is 2. The summed E-state index contributed by atoms with van der Waals surface area (Å²) in [4.78, 5) is 17.8. The molecule has 0 unspecified atom stereocenters. The molecule has 2 heterocycles. The number of methoxy groups -OCH3 is 2. The van der Waals surface area contributed by atoms with Crippen LogP contribution in [0.3, 0.4) is 0 Å². The van der Waals surface area contributed by atoms with Gasteiger partial charge in [0.25, 0.3) is 0 Å². The van der Waals surface area contributed by atoms with Crippen molar-refractivity contribution in [1.29, 1.82) is 0 Å². The first kappa shape index (κ1) is 21.7. The molecule has 4 rings (SSSR count). The van der Waals surface area contributed by atoms with E-state index in [4.69, 9.17) is 9.47 Å². The fourth-order valence-electron chi connectivity index (χ4n) is 3.30. The minimum atomic E-state index is -4.56. The lowest BCUT2D eigenvalue weighted by Crippen LogP contribution is -2.18. The molecule has 0 fully saturated rings. The van der Waals surface area contributed by atoms with Crippen LogP contribution in [0.4, 0.5) is 18.9 Å². The fraction of sp³-hybridized carbons (Fsp3) is 0.182. The smallest absolute Gasteiger partial charge is 0.418 e. The van der Waals surface area contributed by atoms with E-state index in [1.54, 1.807) is 48.4 Å². The van der Waals surface area contributed by atoms with E-state index in [2.05, 4.69) is 10.3 Å². The van der Waals surface area contributed by atoms with Crippen molar-refractivity contribution in [3.63, 3.8) is 0 Å². The number of fused-ring (bicyclic) bond motifs is 1. The van der Waals surface area contributed by atoms with Crippen LogP contribution in [0.15, 0.2) is 54.0 Å². The monoisotopic (exact) mass is 461 g/mol. The maximum Gasteiger partial charge on any atom is 0.418 e. The van der Waals surface area contributed by atoms with Gasteiger partial charge in [-0.1, -0.05) is 12.1 Å². The van der Waals surface area contributed by atoms with Gasteiger partial charge in [0.1, 0.15) is 11.5 Å². The van der Waals surface area contributed by atoms with Crippen molar-refractivity contribution in [3.8, 4) is 22.8 Å². The van der Waals surface area contributed by atoms with Gasteiger partial charge >= 0.3 is 6.18 Å². The number of benzene rings is 2. The summed E-state index contributed by atoms with van der Waals surface area (Å²) >= 11 is 1.33. The van der Waals surface area contributed by atoms with Crippen molar-refractivity contribution < 1.29 is 27.4 Å². The molecule has 2 aromatic carbocycles. The predicted octanol–water partition coefficient (Wildman–Crippen LogP) is 5.28. The lowest BCUT2D eigenvalue weighted by atomic mass is 10.1. The highest BCUT2D eigenvalue weighted by molar-refractivity contribution is 7.15. The molecule has 0 saturated heterocycles. The summed E-state index contributed by atoms with van der Waals surface area (Å²) in [5.41, 5.74) is 0.782. The number of hydrogen-bond acceptors (Lipinski definition) is 5. The number of para-hydroxylation sites is 1. The van der Waals surface area contributed by atoms with Gasteiger partial charge in [0.15, 0.2) is 4.96 Å². The zero-order valence-corrected chi connectivity index (χ0v) is 17.9. The molecule has 0 atom stereocenters. The van der Waals surface area contributed by atoms with Crippen LogP contribution in [-0.2, 0) is 17.4 Å². The molecule has 0 radical (unpaired) electrons. The Morgan fingerprint density at radius 1 is 1.16 bits per heavy atom. The molecule has 0 aliphatic carbocycles. The largest absolute Gasteiger partial charge is 0.497 e. The molecule has 0 spiro atoms. The van der Waals surface area contributed by atoms with Gasteiger partial charge < -0.3 is 14.8 Å². The second-order valence-electron chi connectivity index (χ2n) is 6.84. The lowest BCUT2D eigenvalue weighted by Gasteiger charge is -2.13. The van der Waals surface area contributed by atoms with E-state index in [9.17, 15) is 18.0 Å². The standard InChI is InChI=1S/C22H18F3N3O3S/c1-30-14-7-8-19(31-2)15(10-14)18-11-28-13(12-32-21(28)27-18)9-20(29)26-17-6-4-3-5-16(17)22(23,24)25/h3-8,10-12H,9H2,1-2H3,(H,26,29). The Morgan fingerprint density at radius 3 is 2.66 bits per heavy atom. The van der Waals surface area contributed by atoms with Gasteiger partial charge in [-0.15, -0.1) is 11.3 Å². The third kappa shape index (κ3) is 4.26. The molecular weight excluding hydrogens is 443 g/mol. The second-order valence-corrected chi connectivity index (χ2v) is 7.68. The number of imidazole rings is 1. The molecule has 1 N–H and O–H groups in total. The van der Waals surface area contributed by atoms with E-state index in [0.717, 1.165) is 11.6 Å². The molecular formula is C22H18F3N3O3S. The summed E-state index contributed by atoms with van der Waals surface area (Å²) in [5.74, 6) is 0.690. The number of halogens is 3. The number of carbonyl (C=O) groups is 1. The van der Waals surface area contributed by atoms with Crippen LogP contribution in [0.5, 0.6) is 11.5 Å². The Labute approximate surface area is 185 Å². The fourth-order valence-corrected chi connectivity index (χ4v) is 4.17. The van der Waals surface area contributed by atoms with Gasteiger partial charge in [-0.05, 0) is 30.3 Å². The maximum atomic E-state index is 13.2. The zero-order valence-electron chi connectivity index (χ0n) is 17.1. The molecule has 0 aliphatic heterocycles. The Balaban J connectivity index is 1.60. The summed E-state index contributed by atoms with van der Waals surface area (Å²) in [6.45, 7) is 0. The normalized spacial score (nSPS) is 11.5. The van der Waals surface area contributed by atoms with Gasteiger partial charge in [0.2, 0.25) is 5.91 Å². The summed E-state index contributed by atoms with van der Waals surface area (Å²) in [6.07, 6.45) is -2.92. The highest BCUT2D eigenvalue weighted by Crippen LogP contribution is 2.35. The molecule has 6 nitrogen and oxygen atoms in total. The molecule has 0 saturated carbocycles. The molecule has 166 valence electrons. The highest BCUT2D eigenvalue weighted by atomic mass is 32.1. The Bertz CT molecular complexity index is 1280. The first-order chi connectivity index (χ1) is 15.3. The minimum absolute atomic E-state index is 0.114. The number of alkyl halides is 3. The quantitative estimate of drug-likeness (QED) is 0.424. The number of nitrogens with zero attached hydrogens (tertiary/aromatic N) is 2. The number of hydrogen-bond donors (Lipinski definition) is 1. The summed E-state index contributed by atoms with van der Waals surface area (Å²) < 4.78 is 52.0. The van der Waals surface area contributed by atoms with Gasteiger partial charge in [-0.3, -0.25) is 9.20 Å². The average molecular weight is 461 g/mol. The Morgan fingerprint density at radius 2 is 1.94 bits per heavy atom. The van der Waals surface area contributed by atoms with Crippen LogP contribution in [0.1, 0.15) is 11.3 Å². The van der Waals surface area contributed by atoms with E-state index < -0.39 is 17.6 Å². The highest BCUT2D eigenvalue weighted by Gasteiger charge is 2.33. The van der Waals surface area contributed by atoms with E-state index in [1.165, 1.54) is 29.5 Å². The number of nitrogens with one attached hydrogen (secondary N) is 1. The van der Waals surface area contributed by atoms with Gasteiger partial charge in [0.05, 0.1) is 37.6 Å². The van der Waals surface area contributed by atoms with E-state index in [0.29, 0.717) is 27.8 Å². The van der Waals surface area contributed by atoms with Crippen molar-refractivity contribution in [2.75, 3.05) is 19.5 Å². The number of carbonyl (C=O) groups excluding carboxylic acids is 1. The van der Waals surface area contributed by atoms with Crippen LogP contribution < -0.4 is 14.8 Å². The van der Waals surface area contributed by atoms with E-state index >= 15 is 0 Å². The van der Waals surface area contributed by atoms with Crippen molar-refractivity contribution in [2.24, 2.45) is 0 Å². The second kappa shape index (κ2) is 8.54. The van der Waals surface area contributed by atoms with E-state index in [-0.39, 0.29) is 12.1 Å². The average Bonchev–Trinajstić information content (AvgIpc) is 3.34. The SMILES string of the molecule is COc1ccc(OC)c(-c2cn3c(CC(=O)Nc4ccccc4C(F)(F)F)csc3n2)c1.